The summed E-state index contributed by atoms with van der Waals surface area (Å²) in [6.45, 7) is 4.92. The van der Waals surface area contributed by atoms with Crippen LogP contribution in [0.2, 0.25) is 0 Å². The second kappa shape index (κ2) is 18.9. The van der Waals surface area contributed by atoms with Gasteiger partial charge in [0.25, 0.3) is 0 Å². The Morgan fingerprint density at radius 3 is 1.40 bits per heavy atom. The highest BCUT2D eigenvalue weighted by molar-refractivity contribution is 7.52. The van der Waals surface area contributed by atoms with Gasteiger partial charge in [0.15, 0.2) is 0 Å². The van der Waals surface area contributed by atoms with Gasteiger partial charge in [-0.05, 0) is 12.8 Å². The second-order valence-electron chi connectivity index (χ2n) is 7.50. The minimum Gasteiger partial charge on any atom is -0.324 e. The maximum absolute atomic E-state index is 12.0. The predicted octanol–water partition coefficient (Wildman–Crippen LogP) is 7.86. The van der Waals surface area contributed by atoms with Crippen molar-refractivity contribution < 1.29 is 14.0 Å². The summed E-state index contributed by atoms with van der Waals surface area (Å²) in [6.07, 6.45) is 21.2. The lowest BCUT2D eigenvalue weighted by Crippen LogP contribution is -1.97. The van der Waals surface area contributed by atoms with E-state index in [-0.39, 0.29) is 0 Å². The Hall–Kier alpha value is 0.150. The summed E-state index contributed by atoms with van der Waals surface area (Å²) in [7, 11) is -3.33. The standard InChI is InChI=1S/C21H45O3P/c1-3-5-7-9-11-12-13-15-17-19-21-25(22,23)24-20-18-16-14-10-8-6-4-2/h3-21H2,1-2H3,(H,22,23). The molecule has 0 spiro atoms. The average molecular weight is 377 g/mol. The van der Waals surface area contributed by atoms with Crippen molar-refractivity contribution in [3.63, 3.8) is 0 Å². The zero-order valence-electron chi connectivity index (χ0n) is 17.1. The average Bonchev–Trinajstić information content (AvgIpc) is 2.59. The van der Waals surface area contributed by atoms with E-state index in [1.165, 1.54) is 83.5 Å². The first-order chi connectivity index (χ1) is 12.1. The fraction of sp³-hybridized carbons (Fsp3) is 1.00. The highest BCUT2D eigenvalue weighted by Gasteiger charge is 2.17. The van der Waals surface area contributed by atoms with Crippen LogP contribution in [0.3, 0.4) is 0 Å². The van der Waals surface area contributed by atoms with Crippen molar-refractivity contribution in [1.82, 2.24) is 0 Å². The van der Waals surface area contributed by atoms with Gasteiger partial charge < -0.3 is 9.42 Å². The van der Waals surface area contributed by atoms with Crippen LogP contribution in [0.5, 0.6) is 0 Å². The molecule has 1 atom stereocenters. The van der Waals surface area contributed by atoms with Gasteiger partial charge in [0.1, 0.15) is 0 Å². The van der Waals surface area contributed by atoms with E-state index in [4.69, 9.17) is 4.52 Å². The molecular weight excluding hydrogens is 331 g/mol. The summed E-state index contributed by atoms with van der Waals surface area (Å²) >= 11 is 0. The third-order valence-corrected chi connectivity index (χ3v) is 6.30. The largest absolute Gasteiger partial charge is 0.328 e. The van der Waals surface area contributed by atoms with Crippen LogP contribution in [0, 0.1) is 0 Å². The highest BCUT2D eigenvalue weighted by Crippen LogP contribution is 2.43. The zero-order valence-corrected chi connectivity index (χ0v) is 18.0. The number of rotatable bonds is 20. The van der Waals surface area contributed by atoms with Crippen molar-refractivity contribution in [2.45, 2.75) is 123 Å². The number of unbranched alkanes of at least 4 members (excludes halogenated alkanes) is 15. The third-order valence-electron chi connectivity index (χ3n) is 4.84. The molecule has 1 unspecified atom stereocenters. The summed E-state index contributed by atoms with van der Waals surface area (Å²) in [5.41, 5.74) is 0. The molecule has 0 aliphatic heterocycles. The maximum atomic E-state index is 12.0. The first-order valence-corrected chi connectivity index (χ1v) is 12.8. The van der Waals surface area contributed by atoms with Gasteiger partial charge in [-0.3, -0.25) is 4.57 Å². The van der Waals surface area contributed by atoms with Crippen LogP contribution < -0.4 is 0 Å². The molecule has 0 amide bonds. The molecule has 0 aromatic heterocycles. The van der Waals surface area contributed by atoms with Gasteiger partial charge in [-0.2, -0.15) is 0 Å². The van der Waals surface area contributed by atoms with Gasteiger partial charge in [0.05, 0.1) is 6.61 Å². The monoisotopic (exact) mass is 376 g/mol. The Morgan fingerprint density at radius 1 is 0.600 bits per heavy atom. The van der Waals surface area contributed by atoms with E-state index >= 15 is 0 Å². The summed E-state index contributed by atoms with van der Waals surface area (Å²) in [4.78, 5) is 9.84. The van der Waals surface area contributed by atoms with Crippen molar-refractivity contribution >= 4 is 7.60 Å². The molecule has 152 valence electrons. The van der Waals surface area contributed by atoms with Gasteiger partial charge in [-0.15, -0.1) is 0 Å². The van der Waals surface area contributed by atoms with Crippen LogP contribution >= 0.6 is 7.60 Å². The summed E-state index contributed by atoms with van der Waals surface area (Å²) in [6, 6.07) is 0. The van der Waals surface area contributed by atoms with E-state index in [0.29, 0.717) is 12.8 Å². The molecule has 0 radical (unpaired) electrons. The van der Waals surface area contributed by atoms with Crippen molar-refractivity contribution in [1.29, 1.82) is 0 Å². The second-order valence-corrected chi connectivity index (χ2v) is 9.48. The minimum absolute atomic E-state index is 0.333. The van der Waals surface area contributed by atoms with E-state index in [1.807, 2.05) is 0 Å². The number of hydrogen-bond donors (Lipinski definition) is 1. The van der Waals surface area contributed by atoms with Crippen molar-refractivity contribution in [3.05, 3.63) is 0 Å². The molecule has 0 aromatic rings. The molecule has 0 saturated carbocycles. The third kappa shape index (κ3) is 20.3. The Labute approximate surface area is 157 Å². The van der Waals surface area contributed by atoms with Crippen LogP contribution in [0.15, 0.2) is 0 Å². The van der Waals surface area contributed by atoms with Gasteiger partial charge in [-0.25, -0.2) is 0 Å². The molecule has 4 heteroatoms. The molecule has 0 fully saturated rings. The van der Waals surface area contributed by atoms with E-state index < -0.39 is 7.60 Å². The molecule has 0 bridgehead atoms. The molecule has 3 nitrogen and oxygen atoms in total. The first kappa shape index (κ1) is 25.1. The van der Waals surface area contributed by atoms with Crippen molar-refractivity contribution in [2.24, 2.45) is 0 Å². The predicted molar refractivity (Wildman–Crippen MR) is 110 cm³/mol. The maximum Gasteiger partial charge on any atom is 0.328 e. The SMILES string of the molecule is CCCCCCCCCCCCP(=O)(O)OCCCCCCCCC. The van der Waals surface area contributed by atoms with E-state index in [2.05, 4.69) is 13.8 Å². The lowest BCUT2D eigenvalue weighted by atomic mass is 10.1. The Bertz CT molecular complexity index is 308. The normalized spacial score (nSPS) is 13.9. The molecule has 25 heavy (non-hydrogen) atoms. The van der Waals surface area contributed by atoms with Gasteiger partial charge >= 0.3 is 7.60 Å². The summed E-state index contributed by atoms with van der Waals surface area (Å²) in [5, 5.41) is 0. The lowest BCUT2D eigenvalue weighted by Gasteiger charge is -2.12. The van der Waals surface area contributed by atoms with Crippen LogP contribution in [0.1, 0.15) is 123 Å². The van der Waals surface area contributed by atoms with Crippen molar-refractivity contribution in [2.75, 3.05) is 12.8 Å². The Kier molecular flexibility index (Phi) is 19.0. The van der Waals surface area contributed by atoms with Gasteiger partial charge in [0.2, 0.25) is 0 Å². The van der Waals surface area contributed by atoms with Crippen LogP contribution in [-0.2, 0) is 9.09 Å². The Balaban J connectivity index is 3.33. The fourth-order valence-corrected chi connectivity index (χ4v) is 4.30. The molecule has 0 aromatic carbocycles. The van der Waals surface area contributed by atoms with Crippen LogP contribution in [0.25, 0.3) is 0 Å². The molecule has 0 aliphatic carbocycles. The van der Waals surface area contributed by atoms with E-state index in [9.17, 15) is 9.46 Å². The summed E-state index contributed by atoms with van der Waals surface area (Å²) < 4.78 is 17.2. The number of hydrogen-bond acceptors (Lipinski definition) is 2. The van der Waals surface area contributed by atoms with Gasteiger partial charge in [-0.1, -0.05) is 110 Å². The zero-order chi connectivity index (χ0) is 18.6. The van der Waals surface area contributed by atoms with E-state index in [1.54, 1.807) is 0 Å². The molecule has 1 N–H and O–H groups in total. The molecule has 0 heterocycles. The van der Waals surface area contributed by atoms with Gasteiger partial charge in [0, 0.05) is 6.16 Å². The fourth-order valence-electron chi connectivity index (χ4n) is 3.13. The smallest absolute Gasteiger partial charge is 0.324 e. The van der Waals surface area contributed by atoms with E-state index in [0.717, 1.165) is 25.7 Å². The molecule has 0 rings (SSSR count). The topological polar surface area (TPSA) is 46.5 Å². The minimum atomic E-state index is -3.33. The van der Waals surface area contributed by atoms with Crippen molar-refractivity contribution in [3.8, 4) is 0 Å². The molecular formula is C21H45O3P. The van der Waals surface area contributed by atoms with Crippen LogP contribution in [-0.4, -0.2) is 17.7 Å². The lowest BCUT2D eigenvalue weighted by molar-refractivity contribution is 0.252. The molecule has 0 aliphatic rings. The first-order valence-electron chi connectivity index (χ1n) is 11.1. The Morgan fingerprint density at radius 2 is 0.960 bits per heavy atom. The quantitative estimate of drug-likeness (QED) is 0.174. The summed E-state index contributed by atoms with van der Waals surface area (Å²) in [5.74, 6) is 0. The molecule has 0 saturated heterocycles. The highest BCUT2D eigenvalue weighted by atomic mass is 31.2. The van der Waals surface area contributed by atoms with Crippen LogP contribution in [0.4, 0.5) is 0 Å².